The molecule has 2 aromatic carbocycles. The molecule has 1 N–H and O–H groups in total. The van der Waals surface area contributed by atoms with Gasteiger partial charge < -0.3 is 24.4 Å². The number of rotatable bonds is 10. The summed E-state index contributed by atoms with van der Waals surface area (Å²) in [4.78, 5) is 29.5. The van der Waals surface area contributed by atoms with E-state index in [1.807, 2.05) is 57.1 Å². The van der Waals surface area contributed by atoms with Crippen molar-refractivity contribution in [3.63, 3.8) is 0 Å². The molecule has 1 aliphatic rings. The van der Waals surface area contributed by atoms with Crippen molar-refractivity contribution in [3.8, 4) is 11.5 Å². The molecule has 0 unspecified atom stereocenters. The van der Waals surface area contributed by atoms with Crippen LogP contribution in [0.25, 0.3) is 5.76 Å². The van der Waals surface area contributed by atoms with E-state index in [1.165, 1.54) is 4.90 Å². The molecule has 3 rings (SSSR count). The Hall–Kier alpha value is -3.32. The van der Waals surface area contributed by atoms with Crippen LogP contribution in [0.15, 0.2) is 54.1 Å². The molecule has 176 valence electrons. The van der Waals surface area contributed by atoms with Crippen molar-refractivity contribution >= 4 is 17.4 Å². The van der Waals surface area contributed by atoms with E-state index >= 15 is 0 Å². The van der Waals surface area contributed by atoms with E-state index in [4.69, 9.17) is 9.47 Å². The summed E-state index contributed by atoms with van der Waals surface area (Å²) in [5.41, 5.74) is 1.28. The van der Waals surface area contributed by atoms with Crippen molar-refractivity contribution in [1.29, 1.82) is 0 Å². The second kappa shape index (κ2) is 11.0. The van der Waals surface area contributed by atoms with Gasteiger partial charge in [-0.3, -0.25) is 9.59 Å². The number of hydrogen-bond donors (Lipinski definition) is 1. The first-order valence-corrected chi connectivity index (χ1v) is 11.3. The third-order valence-electron chi connectivity index (χ3n) is 5.44. The number of nitrogens with zero attached hydrogens (tertiary/aromatic N) is 2. The third kappa shape index (κ3) is 5.54. The SMILES string of the molecule is CCCOc1ccc(C(O)=C2C(=O)C(=O)N(CCN(C)C)[C@@H]2c2ccc(OCC)cc2)cc1. The second-order valence-corrected chi connectivity index (χ2v) is 8.17. The van der Waals surface area contributed by atoms with Crippen LogP contribution in [-0.4, -0.2) is 67.0 Å². The van der Waals surface area contributed by atoms with Gasteiger partial charge in [0.1, 0.15) is 17.3 Å². The molecule has 1 saturated heterocycles. The van der Waals surface area contributed by atoms with Gasteiger partial charge in [0, 0.05) is 18.7 Å². The minimum absolute atomic E-state index is 0.0881. The molecule has 0 aliphatic carbocycles. The van der Waals surface area contributed by atoms with Gasteiger partial charge in [-0.2, -0.15) is 0 Å². The van der Waals surface area contributed by atoms with Gasteiger partial charge in [0.25, 0.3) is 11.7 Å². The lowest BCUT2D eigenvalue weighted by Gasteiger charge is -2.26. The fourth-order valence-electron chi connectivity index (χ4n) is 3.76. The van der Waals surface area contributed by atoms with E-state index in [-0.39, 0.29) is 11.3 Å². The van der Waals surface area contributed by atoms with Crippen LogP contribution in [0.5, 0.6) is 11.5 Å². The lowest BCUT2D eigenvalue weighted by Crippen LogP contribution is -2.35. The normalized spacial score (nSPS) is 17.6. The van der Waals surface area contributed by atoms with Crippen LogP contribution in [0.4, 0.5) is 0 Å². The summed E-state index contributed by atoms with van der Waals surface area (Å²) in [5.74, 6) is -0.102. The molecule has 0 bridgehead atoms. The summed E-state index contributed by atoms with van der Waals surface area (Å²) in [6.45, 7) is 6.01. The zero-order valence-corrected chi connectivity index (χ0v) is 19.7. The number of benzene rings is 2. The molecule has 0 radical (unpaired) electrons. The van der Waals surface area contributed by atoms with Gasteiger partial charge in [0.05, 0.1) is 24.8 Å². The van der Waals surface area contributed by atoms with Gasteiger partial charge >= 0.3 is 0 Å². The molecular weight excluding hydrogens is 420 g/mol. The summed E-state index contributed by atoms with van der Waals surface area (Å²) >= 11 is 0. The minimum atomic E-state index is -0.684. The quantitative estimate of drug-likeness (QED) is 0.335. The van der Waals surface area contributed by atoms with Crippen molar-refractivity contribution in [1.82, 2.24) is 9.80 Å². The average molecular weight is 453 g/mol. The molecule has 1 fully saturated rings. The Morgan fingerprint density at radius 3 is 2.15 bits per heavy atom. The van der Waals surface area contributed by atoms with Crippen LogP contribution in [0, 0.1) is 0 Å². The molecule has 33 heavy (non-hydrogen) atoms. The topological polar surface area (TPSA) is 79.3 Å². The van der Waals surface area contributed by atoms with Crippen molar-refractivity contribution < 1.29 is 24.2 Å². The number of likely N-dealkylation sites (N-methyl/N-ethyl adjacent to an activating group) is 1. The number of carbonyl (C=O) groups excluding carboxylic acids is 2. The average Bonchev–Trinajstić information content (AvgIpc) is 3.06. The van der Waals surface area contributed by atoms with Gasteiger partial charge in [-0.05, 0) is 69.4 Å². The molecule has 1 amide bonds. The second-order valence-electron chi connectivity index (χ2n) is 8.17. The molecule has 2 aromatic rings. The fraction of sp³-hybridized carbons (Fsp3) is 0.385. The number of amides is 1. The largest absolute Gasteiger partial charge is 0.507 e. The molecule has 1 heterocycles. The molecule has 7 nitrogen and oxygen atoms in total. The number of ketones is 1. The highest BCUT2D eigenvalue weighted by atomic mass is 16.5. The number of Topliss-reactive ketones (excluding diaryl/α,β-unsaturated/α-hetero) is 1. The Morgan fingerprint density at radius 2 is 1.58 bits per heavy atom. The zero-order valence-electron chi connectivity index (χ0n) is 19.7. The molecule has 0 aromatic heterocycles. The van der Waals surface area contributed by atoms with Crippen molar-refractivity contribution in [2.45, 2.75) is 26.3 Å². The predicted molar refractivity (Wildman–Crippen MR) is 127 cm³/mol. The first-order valence-electron chi connectivity index (χ1n) is 11.3. The zero-order chi connectivity index (χ0) is 24.0. The molecule has 1 atom stereocenters. The molecular formula is C26H32N2O5. The first-order chi connectivity index (χ1) is 15.9. The Bertz CT molecular complexity index is 996. The summed E-state index contributed by atoms with van der Waals surface area (Å²) in [7, 11) is 3.81. The van der Waals surface area contributed by atoms with E-state index in [2.05, 4.69) is 0 Å². The van der Waals surface area contributed by atoms with Crippen molar-refractivity contribution in [3.05, 3.63) is 65.2 Å². The van der Waals surface area contributed by atoms with Gasteiger partial charge in [-0.15, -0.1) is 0 Å². The molecule has 7 heteroatoms. The maximum atomic E-state index is 13.1. The molecule has 0 saturated carbocycles. The van der Waals surface area contributed by atoms with Crippen molar-refractivity contribution in [2.24, 2.45) is 0 Å². The van der Waals surface area contributed by atoms with Crippen molar-refractivity contribution in [2.75, 3.05) is 40.4 Å². The Labute approximate surface area is 195 Å². The Morgan fingerprint density at radius 1 is 0.970 bits per heavy atom. The Balaban J connectivity index is 2.03. The maximum absolute atomic E-state index is 13.1. The predicted octanol–water partition coefficient (Wildman–Crippen LogP) is 3.86. The smallest absolute Gasteiger partial charge is 0.295 e. The van der Waals surface area contributed by atoms with Gasteiger partial charge in [0.2, 0.25) is 0 Å². The summed E-state index contributed by atoms with van der Waals surface area (Å²) in [6, 6.07) is 13.5. The number of hydrogen-bond acceptors (Lipinski definition) is 6. The highest BCUT2D eigenvalue weighted by Crippen LogP contribution is 2.39. The summed E-state index contributed by atoms with van der Waals surface area (Å²) in [5, 5.41) is 11.1. The standard InChI is InChI=1S/C26H32N2O5/c1-5-17-33-21-13-9-19(10-14-21)24(29)22-23(18-7-11-20(12-8-18)32-6-2)28(16-15-27(3)4)26(31)25(22)30/h7-14,23,29H,5-6,15-17H2,1-4H3/t23-/m1/s1. The van der Waals surface area contributed by atoms with Crippen LogP contribution < -0.4 is 9.47 Å². The van der Waals surface area contributed by atoms with E-state index in [9.17, 15) is 14.7 Å². The van der Waals surface area contributed by atoms with E-state index in [0.717, 1.165) is 12.0 Å². The minimum Gasteiger partial charge on any atom is -0.507 e. The number of aliphatic hydroxyl groups is 1. The lowest BCUT2D eigenvalue weighted by atomic mass is 9.95. The highest BCUT2D eigenvalue weighted by Gasteiger charge is 2.45. The monoisotopic (exact) mass is 452 g/mol. The lowest BCUT2D eigenvalue weighted by molar-refractivity contribution is -0.140. The number of likely N-dealkylation sites (tertiary alicyclic amines) is 1. The van der Waals surface area contributed by atoms with Gasteiger partial charge in [-0.1, -0.05) is 19.1 Å². The van der Waals surface area contributed by atoms with Gasteiger partial charge in [0.15, 0.2) is 0 Å². The fourth-order valence-corrected chi connectivity index (χ4v) is 3.76. The number of carbonyl (C=O) groups is 2. The summed E-state index contributed by atoms with van der Waals surface area (Å²) < 4.78 is 11.1. The van der Waals surface area contributed by atoms with Crippen LogP contribution in [0.2, 0.25) is 0 Å². The molecule has 0 spiro atoms. The number of aliphatic hydroxyl groups excluding tert-OH is 1. The molecule has 1 aliphatic heterocycles. The van der Waals surface area contributed by atoms with Gasteiger partial charge in [-0.25, -0.2) is 0 Å². The van der Waals surface area contributed by atoms with Crippen LogP contribution in [0.3, 0.4) is 0 Å². The maximum Gasteiger partial charge on any atom is 0.295 e. The van der Waals surface area contributed by atoms with E-state index < -0.39 is 17.7 Å². The van der Waals surface area contributed by atoms with Crippen LogP contribution >= 0.6 is 0 Å². The number of ether oxygens (including phenoxy) is 2. The Kier molecular flexibility index (Phi) is 8.11. The third-order valence-corrected chi connectivity index (χ3v) is 5.44. The summed E-state index contributed by atoms with van der Waals surface area (Å²) in [6.07, 6.45) is 0.889. The first kappa shape index (κ1) is 24.3. The highest BCUT2D eigenvalue weighted by molar-refractivity contribution is 6.46. The van der Waals surface area contributed by atoms with E-state index in [0.29, 0.717) is 43.4 Å². The van der Waals surface area contributed by atoms with Crippen LogP contribution in [0.1, 0.15) is 37.4 Å². The van der Waals surface area contributed by atoms with Crippen LogP contribution in [-0.2, 0) is 9.59 Å². The van der Waals surface area contributed by atoms with E-state index in [1.54, 1.807) is 24.3 Å².